The minimum atomic E-state index is -3.17. The van der Waals surface area contributed by atoms with E-state index in [-0.39, 0.29) is 11.7 Å². The summed E-state index contributed by atoms with van der Waals surface area (Å²) in [6.07, 6.45) is 2.79. The molecule has 0 fully saturated rings. The van der Waals surface area contributed by atoms with Crippen molar-refractivity contribution in [3.05, 3.63) is 41.3 Å². The van der Waals surface area contributed by atoms with Crippen molar-refractivity contribution >= 4 is 21.9 Å². The molecule has 0 aliphatic heterocycles. The quantitative estimate of drug-likeness (QED) is 0.444. The predicted molar refractivity (Wildman–Crippen MR) is 79.2 cm³/mol. The minimum absolute atomic E-state index is 0.0341. The van der Waals surface area contributed by atoms with Gasteiger partial charge in [0, 0.05) is 12.0 Å². The summed E-state index contributed by atoms with van der Waals surface area (Å²) in [6.45, 7) is 0.459. The van der Waals surface area contributed by atoms with Gasteiger partial charge in [-0.25, -0.2) is 8.42 Å². The van der Waals surface area contributed by atoms with Gasteiger partial charge in [0.15, 0.2) is 15.8 Å². The van der Waals surface area contributed by atoms with Gasteiger partial charge in [-0.1, -0.05) is 30.3 Å². The smallest absolute Gasteiger partial charge is 0.185 e. The zero-order chi connectivity index (χ0) is 14.1. The fourth-order valence-electron chi connectivity index (χ4n) is 1.44. The van der Waals surface area contributed by atoms with Gasteiger partial charge in [0.2, 0.25) is 0 Å². The molecule has 0 atom stereocenters. The van der Waals surface area contributed by atoms with E-state index in [1.165, 1.54) is 5.41 Å². The number of sulfone groups is 1. The van der Waals surface area contributed by atoms with E-state index < -0.39 is 9.84 Å². The van der Waals surface area contributed by atoms with Crippen LogP contribution < -0.4 is 11.5 Å². The van der Waals surface area contributed by atoms with Crippen LogP contribution in [0.5, 0.6) is 0 Å². The maximum absolute atomic E-state index is 11.7. The molecule has 0 saturated heterocycles. The first-order valence-corrected chi connectivity index (χ1v) is 7.72. The molecular formula is C13H19N3O2S. The number of guanidine groups is 1. The van der Waals surface area contributed by atoms with Crippen molar-refractivity contribution in [2.45, 2.75) is 12.8 Å². The van der Waals surface area contributed by atoms with E-state index in [2.05, 4.69) is 4.99 Å². The van der Waals surface area contributed by atoms with Crippen LogP contribution in [0.4, 0.5) is 0 Å². The molecule has 0 radical (unpaired) electrons. The van der Waals surface area contributed by atoms with Gasteiger partial charge in [-0.15, -0.1) is 0 Å². The Morgan fingerprint density at radius 2 is 1.84 bits per heavy atom. The predicted octanol–water partition coefficient (Wildman–Crippen LogP) is 1.13. The van der Waals surface area contributed by atoms with Crippen molar-refractivity contribution in [3.63, 3.8) is 0 Å². The van der Waals surface area contributed by atoms with Crippen LogP contribution in [0.25, 0.3) is 6.08 Å². The summed E-state index contributed by atoms with van der Waals surface area (Å²) in [5, 5.41) is 1.25. The summed E-state index contributed by atoms with van der Waals surface area (Å²) in [5.41, 5.74) is 11.2. The highest BCUT2D eigenvalue weighted by atomic mass is 32.2. The van der Waals surface area contributed by atoms with Crippen molar-refractivity contribution in [1.29, 1.82) is 0 Å². The Bertz CT molecular complexity index is 532. The Morgan fingerprint density at radius 3 is 2.47 bits per heavy atom. The third-order valence-electron chi connectivity index (χ3n) is 2.40. The number of benzene rings is 1. The van der Waals surface area contributed by atoms with Gasteiger partial charge >= 0.3 is 0 Å². The molecule has 6 heteroatoms. The average Bonchev–Trinajstić information content (AvgIpc) is 2.37. The number of nitrogens with two attached hydrogens (primary N) is 2. The van der Waals surface area contributed by atoms with Gasteiger partial charge in [-0.3, -0.25) is 4.99 Å². The molecule has 104 valence electrons. The largest absolute Gasteiger partial charge is 0.370 e. The number of hydrogen-bond acceptors (Lipinski definition) is 3. The summed E-state index contributed by atoms with van der Waals surface area (Å²) in [5.74, 6) is 0.142. The Balaban J connectivity index is 2.40. The highest BCUT2D eigenvalue weighted by Gasteiger charge is 2.05. The SMILES string of the molecule is NC(N)=NCCCCS(=O)(=O)C=Cc1ccccc1. The molecule has 19 heavy (non-hydrogen) atoms. The van der Waals surface area contributed by atoms with Crippen LogP contribution in [0.2, 0.25) is 0 Å². The lowest BCUT2D eigenvalue weighted by Gasteiger charge is -1.98. The topological polar surface area (TPSA) is 98.5 Å². The molecule has 1 aromatic rings. The van der Waals surface area contributed by atoms with Crippen LogP contribution in [0, 0.1) is 0 Å². The lowest BCUT2D eigenvalue weighted by Crippen LogP contribution is -2.23. The molecule has 0 heterocycles. The molecule has 0 spiro atoms. The lowest BCUT2D eigenvalue weighted by atomic mass is 10.2. The van der Waals surface area contributed by atoms with Crippen molar-refractivity contribution in [2.75, 3.05) is 12.3 Å². The van der Waals surface area contributed by atoms with E-state index in [0.717, 1.165) is 5.56 Å². The van der Waals surface area contributed by atoms with E-state index in [1.807, 2.05) is 30.3 Å². The van der Waals surface area contributed by atoms with E-state index in [4.69, 9.17) is 11.5 Å². The van der Waals surface area contributed by atoms with Crippen molar-refractivity contribution in [2.24, 2.45) is 16.5 Å². The average molecular weight is 281 g/mol. The second-order valence-electron chi connectivity index (χ2n) is 4.09. The molecule has 1 aromatic carbocycles. The molecule has 0 aromatic heterocycles. The molecule has 5 nitrogen and oxygen atoms in total. The number of aliphatic imine (C=N–C) groups is 1. The summed E-state index contributed by atoms with van der Waals surface area (Å²) >= 11 is 0. The Morgan fingerprint density at radius 1 is 1.16 bits per heavy atom. The summed E-state index contributed by atoms with van der Waals surface area (Å²) in [4.78, 5) is 3.80. The fourth-order valence-corrected chi connectivity index (χ4v) is 2.54. The van der Waals surface area contributed by atoms with Crippen molar-refractivity contribution in [1.82, 2.24) is 0 Å². The normalized spacial score (nSPS) is 11.6. The van der Waals surface area contributed by atoms with Crippen molar-refractivity contribution < 1.29 is 8.42 Å². The van der Waals surface area contributed by atoms with E-state index >= 15 is 0 Å². The van der Waals surface area contributed by atoms with Gasteiger partial charge in [0.05, 0.1) is 5.75 Å². The van der Waals surface area contributed by atoms with Crippen LogP contribution in [0.3, 0.4) is 0 Å². The lowest BCUT2D eigenvalue weighted by molar-refractivity contribution is 0.600. The van der Waals surface area contributed by atoms with Crippen molar-refractivity contribution in [3.8, 4) is 0 Å². The molecule has 0 aliphatic rings. The molecule has 0 bridgehead atoms. The molecule has 0 unspecified atom stereocenters. The molecule has 0 amide bonds. The van der Waals surface area contributed by atoms with Crippen LogP contribution >= 0.6 is 0 Å². The maximum Gasteiger partial charge on any atom is 0.185 e. The molecular weight excluding hydrogens is 262 g/mol. The van der Waals surface area contributed by atoms with Gasteiger partial charge in [0.1, 0.15) is 0 Å². The first-order chi connectivity index (χ1) is 8.99. The maximum atomic E-state index is 11.7. The van der Waals surface area contributed by atoms with Gasteiger partial charge in [-0.05, 0) is 24.5 Å². The van der Waals surface area contributed by atoms with Gasteiger partial charge < -0.3 is 11.5 Å². The second kappa shape index (κ2) is 7.58. The molecule has 4 N–H and O–H groups in total. The van der Waals surface area contributed by atoms with Gasteiger partial charge in [-0.2, -0.15) is 0 Å². The number of nitrogens with zero attached hydrogens (tertiary/aromatic N) is 1. The third-order valence-corrected chi connectivity index (χ3v) is 3.81. The van der Waals surface area contributed by atoms with Crippen LogP contribution in [-0.2, 0) is 9.84 Å². The fraction of sp³-hybridized carbons (Fsp3) is 0.308. The Labute approximate surface area is 113 Å². The monoisotopic (exact) mass is 281 g/mol. The van der Waals surface area contributed by atoms with E-state index in [1.54, 1.807) is 6.08 Å². The van der Waals surface area contributed by atoms with Crippen LogP contribution in [0.15, 0.2) is 40.7 Å². The second-order valence-corrected chi connectivity index (χ2v) is 6.10. The zero-order valence-corrected chi connectivity index (χ0v) is 11.5. The third kappa shape index (κ3) is 7.25. The summed E-state index contributed by atoms with van der Waals surface area (Å²) in [6, 6.07) is 9.31. The molecule has 0 aliphatic carbocycles. The van der Waals surface area contributed by atoms with Gasteiger partial charge in [0.25, 0.3) is 0 Å². The highest BCUT2D eigenvalue weighted by Crippen LogP contribution is 2.05. The van der Waals surface area contributed by atoms with Crippen LogP contribution in [-0.4, -0.2) is 26.7 Å². The number of hydrogen-bond donors (Lipinski definition) is 2. The first-order valence-electron chi connectivity index (χ1n) is 6.01. The van der Waals surface area contributed by atoms with E-state index in [0.29, 0.717) is 19.4 Å². The van der Waals surface area contributed by atoms with Crippen LogP contribution in [0.1, 0.15) is 18.4 Å². The number of unbranched alkanes of at least 4 members (excludes halogenated alkanes) is 1. The molecule has 0 saturated carbocycles. The minimum Gasteiger partial charge on any atom is -0.370 e. The van der Waals surface area contributed by atoms with E-state index in [9.17, 15) is 8.42 Å². The standard InChI is InChI=1S/C13H19N3O2S/c14-13(15)16-9-4-5-10-19(17,18)11-8-12-6-2-1-3-7-12/h1-3,6-8,11H,4-5,9-10H2,(H4,14,15,16). The number of rotatable bonds is 7. The summed E-state index contributed by atoms with van der Waals surface area (Å²) < 4.78 is 23.5. The summed E-state index contributed by atoms with van der Waals surface area (Å²) in [7, 11) is -3.17. The Hall–Kier alpha value is -1.82. The Kier molecular flexibility index (Phi) is 6.08. The zero-order valence-electron chi connectivity index (χ0n) is 10.7. The molecule has 1 rings (SSSR count). The first kappa shape index (κ1) is 15.2. The highest BCUT2D eigenvalue weighted by molar-refractivity contribution is 7.94.